The highest BCUT2D eigenvalue weighted by Gasteiger charge is 2.28. The van der Waals surface area contributed by atoms with Gasteiger partial charge in [0, 0.05) is 12.8 Å². The van der Waals surface area contributed by atoms with E-state index in [9.17, 15) is 9.90 Å². The Hall–Kier alpha value is -1.59. The van der Waals surface area contributed by atoms with Crippen molar-refractivity contribution in [3.8, 4) is 5.75 Å². The predicted molar refractivity (Wildman–Crippen MR) is 88.1 cm³/mol. The Bertz CT molecular complexity index is 506. The Labute approximate surface area is 137 Å². The molecule has 2 unspecified atom stereocenters. The predicted octanol–water partition coefficient (Wildman–Crippen LogP) is 2.57. The van der Waals surface area contributed by atoms with Crippen LogP contribution in [0, 0.1) is 5.92 Å². The van der Waals surface area contributed by atoms with Gasteiger partial charge in [-0.1, -0.05) is 18.6 Å². The summed E-state index contributed by atoms with van der Waals surface area (Å²) < 4.78 is 11.3. The molecule has 5 nitrogen and oxygen atoms in total. The zero-order valence-corrected chi connectivity index (χ0v) is 13.7. The van der Waals surface area contributed by atoms with E-state index < -0.39 is 6.10 Å². The SMILES string of the molecule is CC(=O)OC1CCCCC1COc1cccc([C@H](O)CCN)c1. The van der Waals surface area contributed by atoms with E-state index in [0.29, 0.717) is 19.6 Å². The molecule has 0 aliphatic heterocycles. The summed E-state index contributed by atoms with van der Waals surface area (Å²) in [5.74, 6) is 0.727. The second-order valence-electron chi connectivity index (χ2n) is 6.17. The molecule has 0 spiro atoms. The van der Waals surface area contributed by atoms with Crippen molar-refractivity contribution in [3.05, 3.63) is 29.8 Å². The van der Waals surface area contributed by atoms with E-state index in [1.54, 1.807) is 0 Å². The lowest BCUT2D eigenvalue weighted by molar-refractivity contribution is -0.151. The van der Waals surface area contributed by atoms with Crippen molar-refractivity contribution in [2.24, 2.45) is 11.7 Å². The van der Waals surface area contributed by atoms with Crippen molar-refractivity contribution in [1.82, 2.24) is 0 Å². The van der Waals surface area contributed by atoms with Crippen LogP contribution in [0.5, 0.6) is 5.75 Å². The Morgan fingerprint density at radius 1 is 1.39 bits per heavy atom. The van der Waals surface area contributed by atoms with Gasteiger partial charge < -0.3 is 20.3 Å². The average Bonchev–Trinajstić information content (AvgIpc) is 2.54. The van der Waals surface area contributed by atoms with Gasteiger partial charge in [-0.25, -0.2) is 0 Å². The normalized spacial score (nSPS) is 22.4. The maximum absolute atomic E-state index is 11.2. The van der Waals surface area contributed by atoms with Crippen LogP contribution < -0.4 is 10.5 Å². The van der Waals surface area contributed by atoms with Gasteiger partial charge in [0.2, 0.25) is 0 Å². The number of ether oxygens (including phenoxy) is 2. The van der Waals surface area contributed by atoms with Gasteiger partial charge in [-0.2, -0.15) is 0 Å². The summed E-state index contributed by atoms with van der Waals surface area (Å²) >= 11 is 0. The summed E-state index contributed by atoms with van der Waals surface area (Å²) in [4.78, 5) is 11.2. The molecule has 0 heterocycles. The number of esters is 1. The van der Waals surface area contributed by atoms with E-state index in [4.69, 9.17) is 15.2 Å². The van der Waals surface area contributed by atoms with E-state index in [1.807, 2.05) is 24.3 Å². The number of aliphatic hydroxyl groups excluding tert-OH is 1. The van der Waals surface area contributed by atoms with E-state index >= 15 is 0 Å². The summed E-state index contributed by atoms with van der Waals surface area (Å²) in [6.45, 7) is 2.42. The number of carbonyl (C=O) groups excluding carboxylic acids is 1. The van der Waals surface area contributed by atoms with Crippen LogP contribution in [0.15, 0.2) is 24.3 Å². The largest absolute Gasteiger partial charge is 0.493 e. The van der Waals surface area contributed by atoms with Crippen molar-refractivity contribution >= 4 is 5.97 Å². The molecule has 128 valence electrons. The first-order valence-electron chi connectivity index (χ1n) is 8.38. The number of rotatable bonds is 7. The summed E-state index contributed by atoms with van der Waals surface area (Å²) in [5.41, 5.74) is 6.30. The molecular weight excluding hydrogens is 294 g/mol. The van der Waals surface area contributed by atoms with Gasteiger partial charge in [-0.3, -0.25) is 4.79 Å². The summed E-state index contributed by atoms with van der Waals surface area (Å²) in [6.07, 6.45) is 4.06. The molecule has 1 aromatic carbocycles. The molecule has 2 rings (SSSR count). The maximum atomic E-state index is 11.2. The number of aliphatic hydroxyl groups is 1. The molecule has 1 fully saturated rings. The van der Waals surface area contributed by atoms with Gasteiger partial charge in [0.25, 0.3) is 0 Å². The molecular formula is C18H27NO4. The van der Waals surface area contributed by atoms with Gasteiger partial charge in [0.1, 0.15) is 11.9 Å². The lowest BCUT2D eigenvalue weighted by Gasteiger charge is -2.30. The van der Waals surface area contributed by atoms with Gasteiger partial charge in [0.05, 0.1) is 12.7 Å². The van der Waals surface area contributed by atoms with Crippen LogP contribution in [0.3, 0.4) is 0 Å². The van der Waals surface area contributed by atoms with Gasteiger partial charge >= 0.3 is 5.97 Å². The smallest absolute Gasteiger partial charge is 0.302 e. The standard InChI is InChI=1S/C18H27NO4/c1-13(20)23-18-8-3-2-5-15(18)12-22-16-7-4-6-14(11-16)17(21)9-10-19/h4,6-7,11,15,17-18,21H,2-3,5,8-10,12,19H2,1H3/t15?,17-,18?/m1/s1. The summed E-state index contributed by atoms with van der Waals surface area (Å²) in [5, 5.41) is 10.0. The monoisotopic (exact) mass is 321 g/mol. The van der Waals surface area contributed by atoms with E-state index in [1.165, 1.54) is 6.92 Å². The quantitative estimate of drug-likeness (QED) is 0.754. The molecule has 1 aliphatic rings. The first-order chi connectivity index (χ1) is 11.1. The number of carbonyl (C=O) groups is 1. The summed E-state index contributed by atoms with van der Waals surface area (Å²) in [7, 11) is 0. The molecule has 0 saturated heterocycles. The van der Waals surface area contributed by atoms with Crippen LogP contribution in [0.1, 0.15) is 50.7 Å². The molecule has 1 aromatic rings. The molecule has 0 amide bonds. The van der Waals surface area contributed by atoms with Gasteiger partial charge in [-0.05, 0) is 49.9 Å². The highest BCUT2D eigenvalue weighted by atomic mass is 16.5. The fraction of sp³-hybridized carbons (Fsp3) is 0.611. The molecule has 5 heteroatoms. The Morgan fingerprint density at radius 3 is 2.91 bits per heavy atom. The van der Waals surface area contributed by atoms with Gasteiger partial charge in [0.15, 0.2) is 0 Å². The average molecular weight is 321 g/mol. The Morgan fingerprint density at radius 2 is 2.17 bits per heavy atom. The minimum atomic E-state index is -0.563. The van der Waals surface area contributed by atoms with Crippen molar-refractivity contribution in [1.29, 1.82) is 0 Å². The van der Waals surface area contributed by atoms with Crippen LogP contribution in [0.4, 0.5) is 0 Å². The lowest BCUT2D eigenvalue weighted by Crippen LogP contribution is -2.33. The first-order valence-corrected chi connectivity index (χ1v) is 8.38. The van der Waals surface area contributed by atoms with Crippen LogP contribution in [-0.4, -0.2) is 30.3 Å². The number of nitrogens with two attached hydrogens (primary N) is 1. The highest BCUT2D eigenvalue weighted by Crippen LogP contribution is 2.28. The van der Waals surface area contributed by atoms with Crippen LogP contribution >= 0.6 is 0 Å². The lowest BCUT2D eigenvalue weighted by atomic mass is 9.87. The van der Waals surface area contributed by atoms with Crippen molar-refractivity contribution in [2.75, 3.05) is 13.2 Å². The van der Waals surface area contributed by atoms with Crippen molar-refractivity contribution < 1.29 is 19.4 Å². The van der Waals surface area contributed by atoms with Crippen LogP contribution in [0.25, 0.3) is 0 Å². The zero-order valence-electron chi connectivity index (χ0n) is 13.7. The molecule has 0 radical (unpaired) electrons. The second kappa shape index (κ2) is 8.89. The third kappa shape index (κ3) is 5.52. The molecule has 3 atom stereocenters. The van der Waals surface area contributed by atoms with E-state index in [0.717, 1.165) is 37.0 Å². The zero-order chi connectivity index (χ0) is 16.7. The van der Waals surface area contributed by atoms with Crippen molar-refractivity contribution in [3.63, 3.8) is 0 Å². The number of hydrogen-bond acceptors (Lipinski definition) is 5. The molecule has 0 aromatic heterocycles. The minimum Gasteiger partial charge on any atom is -0.493 e. The third-order valence-electron chi connectivity index (χ3n) is 4.30. The Balaban J connectivity index is 1.93. The van der Waals surface area contributed by atoms with E-state index in [2.05, 4.69) is 0 Å². The van der Waals surface area contributed by atoms with Crippen LogP contribution in [-0.2, 0) is 9.53 Å². The minimum absolute atomic E-state index is 0.0488. The number of hydrogen-bond donors (Lipinski definition) is 2. The van der Waals surface area contributed by atoms with Crippen molar-refractivity contribution in [2.45, 2.75) is 51.2 Å². The fourth-order valence-electron chi connectivity index (χ4n) is 3.07. The Kier molecular flexibility index (Phi) is 6.86. The van der Waals surface area contributed by atoms with Crippen LogP contribution in [0.2, 0.25) is 0 Å². The molecule has 1 aliphatic carbocycles. The topological polar surface area (TPSA) is 81.8 Å². The first kappa shape index (κ1) is 17.8. The third-order valence-corrected chi connectivity index (χ3v) is 4.30. The van der Waals surface area contributed by atoms with Gasteiger partial charge in [-0.15, -0.1) is 0 Å². The fourth-order valence-corrected chi connectivity index (χ4v) is 3.07. The maximum Gasteiger partial charge on any atom is 0.302 e. The molecule has 1 saturated carbocycles. The molecule has 3 N–H and O–H groups in total. The second-order valence-corrected chi connectivity index (χ2v) is 6.17. The summed E-state index contributed by atoms with van der Waals surface area (Å²) in [6, 6.07) is 7.47. The number of benzene rings is 1. The molecule has 0 bridgehead atoms. The highest BCUT2D eigenvalue weighted by molar-refractivity contribution is 5.66. The molecule has 23 heavy (non-hydrogen) atoms. The van der Waals surface area contributed by atoms with E-state index in [-0.39, 0.29) is 18.0 Å².